The lowest BCUT2D eigenvalue weighted by Crippen LogP contribution is -2.60. The van der Waals surface area contributed by atoms with E-state index >= 15 is 0 Å². The predicted octanol–water partition coefficient (Wildman–Crippen LogP) is 0.872. The van der Waals surface area contributed by atoms with Gasteiger partial charge in [-0.1, -0.05) is 12.0 Å². The topological polar surface area (TPSA) is 163 Å². The minimum absolute atomic E-state index is 0.274. The smallest absolute Gasteiger partial charge is 0.303 e. The van der Waals surface area contributed by atoms with E-state index in [-0.39, 0.29) is 6.42 Å². The molecule has 0 aromatic carbocycles. The maximum Gasteiger partial charge on any atom is 0.303 e. The quantitative estimate of drug-likeness (QED) is 0.173. The molecule has 0 radical (unpaired) electrons. The molecule has 0 spiro atoms. The second kappa shape index (κ2) is 8.15. The molecule has 1 fully saturated rings. The van der Waals surface area contributed by atoms with Gasteiger partial charge in [0, 0.05) is 18.8 Å². The molecule has 128 valence electrons. The summed E-state index contributed by atoms with van der Waals surface area (Å²) in [5.74, 6) is -1.43. The number of hydrogen-bond acceptors (Lipinski definition) is 9. The van der Waals surface area contributed by atoms with Crippen LogP contribution in [0.4, 0.5) is 0 Å². The van der Waals surface area contributed by atoms with Crippen LogP contribution in [0.3, 0.4) is 0 Å². The molecule has 1 heterocycles. The highest BCUT2D eigenvalue weighted by molar-refractivity contribution is 5.67. The van der Waals surface area contributed by atoms with Crippen LogP contribution in [0, 0.1) is 10.1 Å². The van der Waals surface area contributed by atoms with E-state index in [4.69, 9.17) is 19.7 Å². The fourth-order valence-corrected chi connectivity index (χ4v) is 2.23. The van der Waals surface area contributed by atoms with E-state index < -0.39 is 47.7 Å². The zero-order valence-electron chi connectivity index (χ0n) is 12.6. The van der Waals surface area contributed by atoms with Crippen LogP contribution in [-0.4, -0.2) is 47.7 Å². The summed E-state index contributed by atoms with van der Waals surface area (Å²) in [4.78, 5) is 40.1. The first-order valence-electron chi connectivity index (χ1n) is 6.65. The summed E-state index contributed by atoms with van der Waals surface area (Å²) in [6.07, 6.45) is -4.55. The van der Waals surface area contributed by atoms with Crippen LogP contribution in [0.5, 0.6) is 0 Å². The molecule has 0 aliphatic carbocycles. The van der Waals surface area contributed by atoms with Crippen LogP contribution in [0.15, 0.2) is 5.11 Å². The first-order chi connectivity index (χ1) is 10.8. The van der Waals surface area contributed by atoms with E-state index in [1.54, 1.807) is 6.92 Å². The van der Waals surface area contributed by atoms with Crippen molar-refractivity contribution in [3.05, 3.63) is 20.6 Å². The molecule has 1 saturated heterocycles. The van der Waals surface area contributed by atoms with Gasteiger partial charge < -0.3 is 14.2 Å². The molecule has 12 heteroatoms. The van der Waals surface area contributed by atoms with E-state index in [0.29, 0.717) is 0 Å². The lowest BCUT2D eigenvalue weighted by Gasteiger charge is -2.42. The highest BCUT2D eigenvalue weighted by Gasteiger charge is 2.50. The second-order valence-electron chi connectivity index (χ2n) is 4.62. The molecule has 0 aromatic rings. The van der Waals surface area contributed by atoms with Gasteiger partial charge in [-0.05, 0) is 12.0 Å². The van der Waals surface area contributed by atoms with Gasteiger partial charge >= 0.3 is 11.9 Å². The first-order valence-corrected chi connectivity index (χ1v) is 6.65. The van der Waals surface area contributed by atoms with Crippen LogP contribution in [0.25, 0.3) is 10.4 Å². The van der Waals surface area contributed by atoms with Crippen molar-refractivity contribution in [3.63, 3.8) is 0 Å². The van der Waals surface area contributed by atoms with Crippen molar-refractivity contribution < 1.29 is 33.7 Å². The molecule has 0 aromatic heterocycles. The zero-order valence-corrected chi connectivity index (χ0v) is 12.6. The number of carbonyl (C=O) groups is 2. The number of carbonyl (C=O) groups excluding carboxylic acids is 2. The third-order valence-corrected chi connectivity index (χ3v) is 3.00. The molecule has 12 nitrogen and oxygen atoms in total. The minimum atomic E-state index is -1.60. The molecule has 0 amide bonds. The van der Waals surface area contributed by atoms with Crippen molar-refractivity contribution in [2.24, 2.45) is 5.11 Å². The summed E-state index contributed by atoms with van der Waals surface area (Å²) >= 11 is 0. The molecule has 1 rings (SSSR count). The number of ether oxygens (including phenoxy) is 3. The van der Waals surface area contributed by atoms with Gasteiger partial charge in [-0.2, -0.15) is 0 Å². The Morgan fingerprint density at radius 2 is 1.87 bits per heavy atom. The number of rotatable bonds is 6. The van der Waals surface area contributed by atoms with E-state index in [1.165, 1.54) is 0 Å². The van der Waals surface area contributed by atoms with Gasteiger partial charge in [0.15, 0.2) is 12.2 Å². The van der Waals surface area contributed by atoms with Gasteiger partial charge in [-0.15, -0.1) is 10.1 Å². The molecule has 3 unspecified atom stereocenters. The van der Waals surface area contributed by atoms with Gasteiger partial charge in [-0.25, -0.2) is 0 Å². The SMILES string of the molecule is CCC1OC(O[N+](=O)[O-])[C@H](N=[N+]=[N-])C(OC(C)=O)[C@H]1OC(C)=O. The summed E-state index contributed by atoms with van der Waals surface area (Å²) in [7, 11) is 0. The number of hydrogen-bond donors (Lipinski definition) is 0. The molecule has 0 saturated carbocycles. The van der Waals surface area contributed by atoms with E-state index in [0.717, 1.165) is 13.8 Å². The van der Waals surface area contributed by atoms with Gasteiger partial charge in [-0.3, -0.25) is 14.4 Å². The molecular formula is C11H16N4O8. The van der Waals surface area contributed by atoms with E-state index in [9.17, 15) is 19.7 Å². The van der Waals surface area contributed by atoms with Crippen molar-refractivity contribution in [1.82, 2.24) is 0 Å². The van der Waals surface area contributed by atoms with Crippen molar-refractivity contribution in [2.75, 3.05) is 0 Å². The number of nitrogens with zero attached hydrogens (tertiary/aromatic N) is 4. The fraction of sp³-hybridized carbons (Fsp3) is 0.818. The largest absolute Gasteiger partial charge is 0.458 e. The monoisotopic (exact) mass is 332 g/mol. The Bertz CT molecular complexity index is 520. The van der Waals surface area contributed by atoms with Gasteiger partial charge in [0.1, 0.15) is 12.1 Å². The minimum Gasteiger partial charge on any atom is -0.458 e. The maximum absolute atomic E-state index is 11.3. The second-order valence-corrected chi connectivity index (χ2v) is 4.62. The average molecular weight is 332 g/mol. The Hall–Kier alpha value is -2.59. The lowest BCUT2D eigenvalue weighted by atomic mass is 9.95. The lowest BCUT2D eigenvalue weighted by molar-refractivity contribution is -0.783. The average Bonchev–Trinajstić information content (AvgIpc) is 2.43. The summed E-state index contributed by atoms with van der Waals surface area (Å²) < 4.78 is 15.5. The normalized spacial score (nSPS) is 29.8. The van der Waals surface area contributed by atoms with Gasteiger partial charge in [0.05, 0.1) is 0 Å². The number of esters is 2. The summed E-state index contributed by atoms with van der Waals surface area (Å²) in [6.45, 7) is 3.90. The van der Waals surface area contributed by atoms with Gasteiger partial charge in [0.2, 0.25) is 6.29 Å². The highest BCUT2D eigenvalue weighted by atomic mass is 17.0. The summed E-state index contributed by atoms with van der Waals surface area (Å²) in [5.41, 5.74) is 8.64. The Morgan fingerprint density at radius 3 is 2.30 bits per heavy atom. The predicted molar refractivity (Wildman–Crippen MR) is 71.1 cm³/mol. The molecule has 1 aliphatic rings. The first kappa shape index (κ1) is 18.5. The van der Waals surface area contributed by atoms with Crippen molar-refractivity contribution in [1.29, 1.82) is 0 Å². The third-order valence-electron chi connectivity index (χ3n) is 3.00. The summed E-state index contributed by atoms with van der Waals surface area (Å²) in [6, 6.07) is -1.40. The molecule has 0 bridgehead atoms. The van der Waals surface area contributed by atoms with Crippen molar-refractivity contribution in [3.8, 4) is 0 Å². The van der Waals surface area contributed by atoms with E-state index in [2.05, 4.69) is 14.9 Å². The van der Waals surface area contributed by atoms with Crippen molar-refractivity contribution >= 4 is 11.9 Å². The third kappa shape index (κ3) is 4.97. The Labute approximate surface area is 130 Å². The Morgan fingerprint density at radius 1 is 1.30 bits per heavy atom. The summed E-state index contributed by atoms with van der Waals surface area (Å²) in [5, 5.41) is 12.8. The molecule has 1 aliphatic heterocycles. The molecule has 23 heavy (non-hydrogen) atoms. The fourth-order valence-electron chi connectivity index (χ4n) is 2.23. The van der Waals surface area contributed by atoms with E-state index in [1.807, 2.05) is 0 Å². The van der Waals surface area contributed by atoms with Crippen LogP contribution in [0.2, 0.25) is 0 Å². The highest BCUT2D eigenvalue weighted by Crippen LogP contribution is 2.30. The van der Waals surface area contributed by atoms with Crippen LogP contribution in [-0.2, 0) is 28.6 Å². The van der Waals surface area contributed by atoms with Crippen LogP contribution < -0.4 is 0 Å². The molecular weight excluding hydrogens is 316 g/mol. The zero-order chi connectivity index (χ0) is 17.6. The van der Waals surface area contributed by atoms with Gasteiger partial charge in [0.25, 0.3) is 5.09 Å². The van der Waals surface area contributed by atoms with Crippen molar-refractivity contribution in [2.45, 2.75) is 57.8 Å². The van der Waals surface area contributed by atoms with Crippen LogP contribution in [0.1, 0.15) is 27.2 Å². The Balaban J connectivity index is 3.23. The maximum atomic E-state index is 11.3. The number of azide groups is 1. The molecule has 5 atom stereocenters. The standard InChI is InChI=1S/C11H16N4O8/c1-4-7-9(20-5(2)16)10(21-6(3)17)8(13-14-12)11(22-7)23-15(18)19/h7-11H,4H2,1-3H3/t7?,8-,9+,10?,11?/m1/s1. The molecule has 0 N–H and O–H groups in total. The van der Waals surface area contributed by atoms with Crippen LogP contribution >= 0.6 is 0 Å². The Kier molecular flexibility index (Phi) is 6.54.